The van der Waals surface area contributed by atoms with Gasteiger partial charge in [-0.3, -0.25) is 9.59 Å². The van der Waals surface area contributed by atoms with Crippen molar-refractivity contribution in [2.45, 2.75) is 12.3 Å². The Labute approximate surface area is 91.3 Å². The summed E-state index contributed by atoms with van der Waals surface area (Å²) in [7, 11) is 0. The molecule has 16 heavy (non-hydrogen) atoms. The molecule has 84 valence electrons. The van der Waals surface area contributed by atoms with Crippen molar-refractivity contribution >= 4 is 17.7 Å². The highest BCUT2D eigenvalue weighted by molar-refractivity contribution is 6.33. The lowest BCUT2D eigenvalue weighted by Crippen LogP contribution is -2.21. The number of carboxylic acid groups (broad SMARTS) is 2. The van der Waals surface area contributed by atoms with Crippen LogP contribution in [0, 0.1) is 0 Å². The lowest BCUT2D eigenvalue weighted by molar-refractivity contribution is -0.150. The Morgan fingerprint density at radius 1 is 1.06 bits per heavy atom. The van der Waals surface area contributed by atoms with Gasteiger partial charge >= 0.3 is 11.9 Å². The smallest absolute Gasteiger partial charge is 0.372 e. The quantitative estimate of drug-likeness (QED) is 0.722. The van der Waals surface area contributed by atoms with E-state index in [4.69, 9.17) is 10.2 Å². The molecule has 0 radical (unpaired) electrons. The maximum atomic E-state index is 11.0. The first kappa shape index (κ1) is 11.9. The van der Waals surface area contributed by atoms with E-state index in [0.717, 1.165) is 0 Å². The van der Waals surface area contributed by atoms with Crippen molar-refractivity contribution in [2.24, 2.45) is 0 Å². The van der Waals surface area contributed by atoms with Gasteiger partial charge < -0.3 is 10.2 Å². The molecule has 0 spiro atoms. The molecule has 0 saturated heterocycles. The second-order valence-corrected chi connectivity index (χ2v) is 3.23. The number of Topliss-reactive ketones (excluding diaryl/α,β-unsaturated/α-hetero) is 1. The molecule has 1 rings (SSSR count). The summed E-state index contributed by atoms with van der Waals surface area (Å²) in [6.07, 6.45) is -0.533. The van der Waals surface area contributed by atoms with Gasteiger partial charge in [0.25, 0.3) is 0 Å². The molecule has 0 aliphatic heterocycles. The number of ketones is 1. The van der Waals surface area contributed by atoms with Gasteiger partial charge in [0.05, 0.1) is 5.92 Å². The zero-order chi connectivity index (χ0) is 12.1. The molecule has 2 N–H and O–H groups in total. The summed E-state index contributed by atoms with van der Waals surface area (Å²) in [6.45, 7) is 0. The molecule has 0 aliphatic rings. The van der Waals surface area contributed by atoms with Gasteiger partial charge in [0, 0.05) is 6.42 Å². The van der Waals surface area contributed by atoms with E-state index < -0.39 is 30.1 Å². The van der Waals surface area contributed by atoms with Crippen molar-refractivity contribution in [1.82, 2.24) is 0 Å². The molecule has 0 saturated carbocycles. The molecule has 0 aliphatic carbocycles. The van der Waals surface area contributed by atoms with Gasteiger partial charge in [0.2, 0.25) is 5.78 Å². The van der Waals surface area contributed by atoms with Gasteiger partial charge in [-0.15, -0.1) is 0 Å². The van der Waals surface area contributed by atoms with E-state index in [1.54, 1.807) is 30.3 Å². The standard InChI is InChI=1S/C11H10O5/c12-9(11(15)16)6-8(10(13)14)7-4-2-1-3-5-7/h1-5,8H,6H2,(H,13,14)(H,15,16). The highest BCUT2D eigenvalue weighted by Gasteiger charge is 2.25. The monoisotopic (exact) mass is 222 g/mol. The Morgan fingerprint density at radius 2 is 1.62 bits per heavy atom. The first-order chi connectivity index (χ1) is 7.52. The van der Waals surface area contributed by atoms with Crippen LogP contribution in [0.2, 0.25) is 0 Å². The van der Waals surface area contributed by atoms with Gasteiger partial charge in [-0.05, 0) is 5.56 Å². The minimum absolute atomic E-state index is 0.421. The molecular weight excluding hydrogens is 212 g/mol. The van der Waals surface area contributed by atoms with Crippen LogP contribution in [-0.2, 0) is 14.4 Å². The second kappa shape index (κ2) is 5.06. The Morgan fingerprint density at radius 3 is 2.06 bits per heavy atom. The predicted molar refractivity (Wildman–Crippen MR) is 54.1 cm³/mol. The fraction of sp³-hybridized carbons (Fsp3) is 0.182. The van der Waals surface area contributed by atoms with Crippen LogP contribution in [0.3, 0.4) is 0 Å². The van der Waals surface area contributed by atoms with Crippen LogP contribution in [0.25, 0.3) is 0 Å². The zero-order valence-electron chi connectivity index (χ0n) is 8.29. The Kier molecular flexibility index (Phi) is 3.77. The number of carbonyl (C=O) groups excluding carboxylic acids is 1. The largest absolute Gasteiger partial charge is 0.481 e. The van der Waals surface area contributed by atoms with Crippen LogP contribution in [-0.4, -0.2) is 27.9 Å². The molecule has 0 amide bonds. The van der Waals surface area contributed by atoms with Crippen molar-refractivity contribution in [3.8, 4) is 0 Å². The van der Waals surface area contributed by atoms with Crippen LogP contribution in [0.4, 0.5) is 0 Å². The van der Waals surface area contributed by atoms with Crippen molar-refractivity contribution in [2.75, 3.05) is 0 Å². The molecule has 5 nitrogen and oxygen atoms in total. The van der Waals surface area contributed by atoms with Crippen molar-refractivity contribution in [3.63, 3.8) is 0 Å². The average molecular weight is 222 g/mol. The lowest BCUT2D eigenvalue weighted by Gasteiger charge is -2.10. The van der Waals surface area contributed by atoms with E-state index in [1.807, 2.05) is 0 Å². The third kappa shape index (κ3) is 2.91. The zero-order valence-corrected chi connectivity index (χ0v) is 8.29. The summed E-state index contributed by atoms with van der Waals surface area (Å²) in [5.74, 6) is -5.02. The van der Waals surface area contributed by atoms with Crippen LogP contribution in [0.15, 0.2) is 30.3 Å². The fourth-order valence-electron chi connectivity index (χ4n) is 1.31. The van der Waals surface area contributed by atoms with E-state index >= 15 is 0 Å². The van der Waals surface area contributed by atoms with Crippen LogP contribution >= 0.6 is 0 Å². The number of hydrogen-bond donors (Lipinski definition) is 2. The summed E-state index contributed by atoms with van der Waals surface area (Å²) >= 11 is 0. The maximum Gasteiger partial charge on any atom is 0.372 e. The number of carbonyl (C=O) groups is 3. The van der Waals surface area contributed by atoms with Crippen molar-refractivity contribution in [1.29, 1.82) is 0 Å². The Hall–Kier alpha value is -2.17. The highest BCUT2D eigenvalue weighted by atomic mass is 16.4. The van der Waals surface area contributed by atoms with E-state index in [1.165, 1.54) is 0 Å². The number of aliphatic carboxylic acids is 2. The minimum atomic E-state index is -1.61. The van der Waals surface area contributed by atoms with Crippen LogP contribution in [0.5, 0.6) is 0 Å². The molecule has 1 unspecified atom stereocenters. The highest BCUT2D eigenvalue weighted by Crippen LogP contribution is 2.19. The van der Waals surface area contributed by atoms with E-state index in [9.17, 15) is 14.4 Å². The molecule has 1 aromatic rings. The average Bonchev–Trinajstić information content (AvgIpc) is 2.26. The molecule has 5 heteroatoms. The van der Waals surface area contributed by atoms with Crippen LogP contribution in [0.1, 0.15) is 17.9 Å². The molecule has 0 bridgehead atoms. The summed E-state index contributed by atoms with van der Waals surface area (Å²) in [5.41, 5.74) is 0.421. The predicted octanol–water partition coefficient (Wildman–Crippen LogP) is 0.899. The first-order valence-electron chi connectivity index (χ1n) is 4.56. The summed E-state index contributed by atoms with van der Waals surface area (Å²) in [5, 5.41) is 17.3. The SMILES string of the molecule is O=C(O)C(=O)CC(C(=O)O)c1ccccc1. The van der Waals surface area contributed by atoms with Gasteiger partial charge in [-0.1, -0.05) is 30.3 Å². The molecule has 1 atom stereocenters. The maximum absolute atomic E-state index is 11.0. The number of hydrogen-bond acceptors (Lipinski definition) is 3. The third-order valence-electron chi connectivity index (χ3n) is 2.13. The third-order valence-corrected chi connectivity index (χ3v) is 2.13. The summed E-state index contributed by atoms with van der Waals surface area (Å²) in [6, 6.07) is 8.08. The van der Waals surface area contributed by atoms with E-state index in [2.05, 4.69) is 0 Å². The summed E-state index contributed by atoms with van der Waals surface area (Å²) < 4.78 is 0. The van der Waals surface area contributed by atoms with Crippen molar-refractivity contribution < 1.29 is 24.6 Å². The van der Waals surface area contributed by atoms with E-state index in [-0.39, 0.29) is 0 Å². The number of carboxylic acids is 2. The van der Waals surface area contributed by atoms with Crippen molar-refractivity contribution in [3.05, 3.63) is 35.9 Å². The Bertz CT molecular complexity index is 410. The molecule has 0 aromatic heterocycles. The first-order valence-corrected chi connectivity index (χ1v) is 4.56. The summed E-state index contributed by atoms with van der Waals surface area (Å²) in [4.78, 5) is 32.2. The molecule has 1 aromatic carbocycles. The van der Waals surface area contributed by atoms with Gasteiger partial charge in [0.15, 0.2) is 0 Å². The normalized spacial score (nSPS) is 11.8. The molecule has 0 fully saturated rings. The topological polar surface area (TPSA) is 91.7 Å². The second-order valence-electron chi connectivity index (χ2n) is 3.23. The lowest BCUT2D eigenvalue weighted by atomic mass is 9.94. The van der Waals surface area contributed by atoms with Gasteiger partial charge in [-0.2, -0.15) is 0 Å². The van der Waals surface area contributed by atoms with Gasteiger partial charge in [0.1, 0.15) is 0 Å². The van der Waals surface area contributed by atoms with E-state index in [0.29, 0.717) is 5.56 Å². The fourth-order valence-corrected chi connectivity index (χ4v) is 1.31. The Balaban J connectivity index is 2.89. The molecule has 0 heterocycles. The number of rotatable bonds is 5. The van der Waals surface area contributed by atoms with Crippen LogP contribution < -0.4 is 0 Å². The minimum Gasteiger partial charge on any atom is -0.481 e. The number of benzene rings is 1. The van der Waals surface area contributed by atoms with Gasteiger partial charge in [-0.25, -0.2) is 4.79 Å². The molecular formula is C11H10O5.